The van der Waals surface area contributed by atoms with Gasteiger partial charge in [-0.05, 0) is 24.3 Å². The van der Waals surface area contributed by atoms with Crippen molar-refractivity contribution in [3.8, 4) is 22.9 Å². The second-order valence-electron chi connectivity index (χ2n) is 7.55. The molecule has 0 aliphatic rings. The Morgan fingerprint density at radius 1 is 0.714 bits per heavy atom. The minimum atomic E-state index is 0.378. The molecule has 2 aromatic heterocycles. The molecule has 5 aromatic rings. The SMILES string of the molecule is COc1cc(Nc2nc(Nc3ccccc3)c3ncn(-c4ccccc4)c3n2)cc(OC)c1OC. The van der Waals surface area contributed by atoms with Crippen LogP contribution in [0, 0.1) is 0 Å². The second kappa shape index (κ2) is 9.60. The summed E-state index contributed by atoms with van der Waals surface area (Å²) in [4.78, 5) is 14.1. The number of benzene rings is 3. The zero-order valence-corrected chi connectivity index (χ0v) is 19.5. The van der Waals surface area contributed by atoms with Crippen LogP contribution in [-0.4, -0.2) is 40.8 Å². The number of fused-ring (bicyclic) bond motifs is 1. The number of methoxy groups -OCH3 is 3. The van der Waals surface area contributed by atoms with Crippen LogP contribution in [0.3, 0.4) is 0 Å². The molecule has 0 unspecified atom stereocenters. The van der Waals surface area contributed by atoms with E-state index in [1.165, 1.54) is 0 Å². The van der Waals surface area contributed by atoms with Gasteiger partial charge >= 0.3 is 0 Å². The molecule has 0 radical (unpaired) electrons. The average molecular weight is 469 g/mol. The van der Waals surface area contributed by atoms with Gasteiger partial charge in [0.2, 0.25) is 11.7 Å². The molecule has 0 saturated heterocycles. The Balaban J connectivity index is 1.62. The molecule has 0 saturated carbocycles. The fourth-order valence-electron chi connectivity index (χ4n) is 3.76. The summed E-state index contributed by atoms with van der Waals surface area (Å²) in [5, 5.41) is 6.64. The molecule has 0 aliphatic heterocycles. The first-order valence-electron chi connectivity index (χ1n) is 10.9. The predicted octanol–water partition coefficient (Wildman–Crippen LogP) is 5.33. The Morgan fingerprint density at radius 2 is 1.37 bits per heavy atom. The van der Waals surface area contributed by atoms with Gasteiger partial charge in [-0.15, -0.1) is 0 Å². The monoisotopic (exact) mass is 468 g/mol. The second-order valence-corrected chi connectivity index (χ2v) is 7.55. The zero-order valence-electron chi connectivity index (χ0n) is 19.5. The number of rotatable bonds is 8. The van der Waals surface area contributed by atoms with Gasteiger partial charge in [0.25, 0.3) is 0 Å². The van der Waals surface area contributed by atoms with E-state index in [0.717, 1.165) is 11.4 Å². The van der Waals surface area contributed by atoms with Gasteiger partial charge in [0, 0.05) is 29.2 Å². The topological polar surface area (TPSA) is 95.4 Å². The molecular formula is C26H24N6O3. The van der Waals surface area contributed by atoms with E-state index >= 15 is 0 Å². The lowest BCUT2D eigenvalue weighted by Gasteiger charge is -2.15. The van der Waals surface area contributed by atoms with Gasteiger partial charge in [0.1, 0.15) is 6.33 Å². The van der Waals surface area contributed by atoms with Crippen LogP contribution < -0.4 is 24.8 Å². The summed E-state index contributed by atoms with van der Waals surface area (Å²) >= 11 is 0. The first-order valence-corrected chi connectivity index (χ1v) is 10.9. The third kappa shape index (κ3) is 4.39. The number of nitrogens with one attached hydrogen (secondary N) is 2. The first-order chi connectivity index (χ1) is 17.2. The molecule has 2 N–H and O–H groups in total. The van der Waals surface area contributed by atoms with Crippen LogP contribution in [0.15, 0.2) is 79.1 Å². The molecule has 3 aromatic carbocycles. The maximum atomic E-state index is 5.48. The lowest BCUT2D eigenvalue weighted by molar-refractivity contribution is 0.324. The van der Waals surface area contributed by atoms with Crippen molar-refractivity contribution >= 4 is 34.3 Å². The summed E-state index contributed by atoms with van der Waals surface area (Å²) in [5.41, 5.74) is 3.81. The van der Waals surface area contributed by atoms with Crippen molar-refractivity contribution in [3.63, 3.8) is 0 Å². The first kappa shape index (κ1) is 22.0. The van der Waals surface area contributed by atoms with Crippen LogP contribution in [0.5, 0.6) is 17.2 Å². The van der Waals surface area contributed by atoms with Crippen LogP contribution in [0.4, 0.5) is 23.1 Å². The number of para-hydroxylation sites is 2. The Kier molecular flexibility index (Phi) is 6.04. The number of imidazole rings is 1. The number of ether oxygens (including phenoxy) is 3. The molecule has 0 aliphatic carbocycles. The van der Waals surface area contributed by atoms with Crippen molar-refractivity contribution in [1.29, 1.82) is 0 Å². The van der Waals surface area contributed by atoms with Crippen LogP contribution in [0.2, 0.25) is 0 Å². The molecular weight excluding hydrogens is 444 g/mol. The van der Waals surface area contributed by atoms with Crippen molar-refractivity contribution in [3.05, 3.63) is 79.1 Å². The van der Waals surface area contributed by atoms with Gasteiger partial charge in [-0.2, -0.15) is 9.97 Å². The van der Waals surface area contributed by atoms with E-state index < -0.39 is 0 Å². The van der Waals surface area contributed by atoms with Crippen molar-refractivity contribution in [2.45, 2.75) is 0 Å². The summed E-state index contributed by atoms with van der Waals surface area (Å²) in [6, 6.07) is 23.3. The average Bonchev–Trinajstić information content (AvgIpc) is 3.33. The lowest BCUT2D eigenvalue weighted by atomic mass is 10.2. The van der Waals surface area contributed by atoms with Gasteiger partial charge in [-0.25, -0.2) is 4.98 Å². The normalized spacial score (nSPS) is 10.7. The van der Waals surface area contributed by atoms with Crippen LogP contribution in [0.25, 0.3) is 16.9 Å². The highest BCUT2D eigenvalue weighted by Gasteiger charge is 2.17. The Morgan fingerprint density at radius 3 is 2.00 bits per heavy atom. The van der Waals surface area contributed by atoms with Crippen molar-refractivity contribution < 1.29 is 14.2 Å². The molecule has 9 nitrogen and oxygen atoms in total. The third-order valence-electron chi connectivity index (χ3n) is 5.39. The van der Waals surface area contributed by atoms with E-state index in [9.17, 15) is 0 Å². The fourth-order valence-corrected chi connectivity index (χ4v) is 3.76. The van der Waals surface area contributed by atoms with Gasteiger partial charge < -0.3 is 24.8 Å². The van der Waals surface area contributed by atoms with Crippen molar-refractivity contribution in [1.82, 2.24) is 19.5 Å². The minimum absolute atomic E-state index is 0.378. The maximum Gasteiger partial charge on any atom is 0.231 e. The highest BCUT2D eigenvalue weighted by molar-refractivity contribution is 5.88. The van der Waals surface area contributed by atoms with Crippen LogP contribution >= 0.6 is 0 Å². The molecule has 0 bridgehead atoms. The molecule has 2 heterocycles. The van der Waals surface area contributed by atoms with Gasteiger partial charge in [-0.1, -0.05) is 36.4 Å². The smallest absolute Gasteiger partial charge is 0.231 e. The number of nitrogens with zero attached hydrogens (tertiary/aromatic N) is 4. The summed E-state index contributed by atoms with van der Waals surface area (Å²) in [7, 11) is 4.71. The number of aromatic nitrogens is 4. The molecule has 0 atom stereocenters. The van der Waals surface area contributed by atoms with Gasteiger partial charge in [-0.3, -0.25) is 4.57 Å². The van der Waals surface area contributed by atoms with E-state index in [4.69, 9.17) is 24.2 Å². The van der Waals surface area contributed by atoms with E-state index in [2.05, 4.69) is 15.6 Å². The standard InChI is InChI=1S/C26H24N6O3/c1-33-20-14-18(15-21(34-2)23(20)35-3)29-26-30-24(28-17-10-6-4-7-11-17)22-25(31-26)32(16-27-22)19-12-8-5-9-13-19/h4-16H,1-3H3,(H2,28,29,30,31). The summed E-state index contributed by atoms with van der Waals surface area (Å²) in [5.74, 6) is 2.50. The fraction of sp³-hybridized carbons (Fsp3) is 0.115. The number of hydrogen-bond acceptors (Lipinski definition) is 8. The van der Waals surface area contributed by atoms with Gasteiger partial charge in [0.05, 0.1) is 21.3 Å². The molecule has 9 heteroatoms. The van der Waals surface area contributed by atoms with E-state index in [1.807, 2.05) is 65.2 Å². The highest BCUT2D eigenvalue weighted by Crippen LogP contribution is 2.40. The Bertz CT molecular complexity index is 1430. The minimum Gasteiger partial charge on any atom is -0.493 e. The molecule has 0 spiro atoms. The van der Waals surface area contributed by atoms with E-state index in [1.54, 1.807) is 39.8 Å². The number of anilines is 4. The third-order valence-corrected chi connectivity index (χ3v) is 5.39. The van der Waals surface area contributed by atoms with Crippen molar-refractivity contribution in [2.24, 2.45) is 0 Å². The molecule has 5 rings (SSSR count). The molecule has 0 fully saturated rings. The predicted molar refractivity (Wildman–Crippen MR) is 136 cm³/mol. The molecule has 176 valence electrons. The zero-order chi connectivity index (χ0) is 24.2. The Labute approximate surface area is 202 Å². The quantitative estimate of drug-likeness (QED) is 0.316. The van der Waals surface area contributed by atoms with Crippen LogP contribution in [-0.2, 0) is 0 Å². The maximum absolute atomic E-state index is 5.48. The van der Waals surface area contributed by atoms with Gasteiger partial charge in [0.15, 0.2) is 28.5 Å². The summed E-state index contributed by atoms with van der Waals surface area (Å²) in [6.45, 7) is 0. The molecule has 35 heavy (non-hydrogen) atoms. The largest absolute Gasteiger partial charge is 0.493 e. The summed E-state index contributed by atoms with van der Waals surface area (Å²) in [6.07, 6.45) is 1.74. The Hall–Kier alpha value is -4.79. The molecule has 0 amide bonds. The summed E-state index contributed by atoms with van der Waals surface area (Å²) < 4.78 is 18.3. The van der Waals surface area contributed by atoms with Crippen molar-refractivity contribution in [2.75, 3.05) is 32.0 Å². The lowest BCUT2D eigenvalue weighted by Crippen LogP contribution is -2.04. The van der Waals surface area contributed by atoms with E-state index in [-0.39, 0.29) is 0 Å². The van der Waals surface area contributed by atoms with Crippen LogP contribution in [0.1, 0.15) is 0 Å². The highest BCUT2D eigenvalue weighted by atomic mass is 16.5. The number of hydrogen-bond donors (Lipinski definition) is 2. The van der Waals surface area contributed by atoms with E-state index in [0.29, 0.717) is 45.9 Å².